The molecule has 1 aromatic heterocycles. The lowest BCUT2D eigenvalue weighted by atomic mass is 10.1. The van der Waals surface area contributed by atoms with Gasteiger partial charge in [-0.15, -0.1) is 0 Å². The normalized spacial score (nSPS) is 20.6. The van der Waals surface area contributed by atoms with E-state index in [1.54, 1.807) is 0 Å². The molecule has 2 aliphatic rings. The van der Waals surface area contributed by atoms with Crippen molar-refractivity contribution in [3.63, 3.8) is 0 Å². The number of rotatable bonds is 3. The van der Waals surface area contributed by atoms with Crippen LogP contribution < -0.4 is 5.32 Å². The number of aromatic nitrogens is 1. The van der Waals surface area contributed by atoms with Gasteiger partial charge in [-0.1, -0.05) is 18.2 Å². The molecule has 142 valence electrons. The third-order valence-corrected chi connectivity index (χ3v) is 5.47. The first kappa shape index (κ1) is 17.6. The average Bonchev–Trinajstić information content (AvgIpc) is 3.20. The summed E-state index contributed by atoms with van der Waals surface area (Å²) in [6, 6.07) is 10.0. The fourth-order valence-corrected chi connectivity index (χ4v) is 3.95. The van der Waals surface area contributed by atoms with E-state index in [0.717, 1.165) is 17.3 Å². The summed E-state index contributed by atoms with van der Waals surface area (Å²) in [6.07, 6.45) is 2.98. The monoisotopic (exact) mass is 368 g/mol. The molecule has 0 radical (unpaired) electrons. The molecule has 0 bridgehead atoms. The highest BCUT2D eigenvalue weighted by molar-refractivity contribution is 5.89. The second kappa shape index (κ2) is 7.42. The number of para-hydroxylation sites is 1. The molecule has 7 heteroatoms. The average molecular weight is 368 g/mol. The molecule has 2 saturated heterocycles. The maximum absolute atomic E-state index is 12.8. The molecule has 27 heavy (non-hydrogen) atoms. The number of fused-ring (bicyclic) bond motifs is 1. The molecule has 1 unspecified atom stereocenters. The number of hydrogen-bond acceptors (Lipinski definition) is 3. The minimum absolute atomic E-state index is 0.0269. The van der Waals surface area contributed by atoms with Gasteiger partial charge in [-0.05, 0) is 23.9 Å². The van der Waals surface area contributed by atoms with E-state index in [2.05, 4.69) is 5.32 Å². The third-order valence-electron chi connectivity index (χ3n) is 5.47. The summed E-state index contributed by atoms with van der Waals surface area (Å²) in [6.45, 7) is 3.10. The van der Waals surface area contributed by atoms with E-state index in [0.29, 0.717) is 39.3 Å². The van der Waals surface area contributed by atoms with Gasteiger partial charge < -0.3 is 19.7 Å². The Hall–Kier alpha value is -2.83. The molecule has 2 fully saturated rings. The maximum Gasteiger partial charge on any atom is 0.242 e. The van der Waals surface area contributed by atoms with Crippen LogP contribution in [0.5, 0.6) is 0 Å². The SMILES string of the molecule is O=C1CC(C(=O)N2CCCN(C(=O)Cn3ccc4ccccc43)CC2)CN1. The van der Waals surface area contributed by atoms with Gasteiger partial charge in [-0.25, -0.2) is 0 Å². The van der Waals surface area contributed by atoms with Crippen LogP contribution in [-0.2, 0) is 20.9 Å². The highest BCUT2D eigenvalue weighted by Crippen LogP contribution is 2.17. The fraction of sp³-hybridized carbons (Fsp3) is 0.450. The zero-order valence-corrected chi connectivity index (χ0v) is 15.3. The van der Waals surface area contributed by atoms with E-state index in [9.17, 15) is 14.4 Å². The molecular weight excluding hydrogens is 344 g/mol. The summed E-state index contributed by atoms with van der Waals surface area (Å²) in [5.41, 5.74) is 1.05. The summed E-state index contributed by atoms with van der Waals surface area (Å²) in [5.74, 6) is -0.215. The van der Waals surface area contributed by atoms with Gasteiger partial charge in [0.05, 0.1) is 5.92 Å². The fourth-order valence-electron chi connectivity index (χ4n) is 3.95. The molecule has 3 amide bonds. The van der Waals surface area contributed by atoms with Crippen molar-refractivity contribution in [1.82, 2.24) is 19.7 Å². The van der Waals surface area contributed by atoms with E-state index >= 15 is 0 Å². The first-order valence-electron chi connectivity index (χ1n) is 9.49. The largest absolute Gasteiger partial charge is 0.355 e. The molecule has 2 aromatic rings. The van der Waals surface area contributed by atoms with E-state index in [1.165, 1.54) is 0 Å². The number of nitrogens with zero attached hydrogens (tertiary/aromatic N) is 3. The predicted molar refractivity (Wildman–Crippen MR) is 101 cm³/mol. The Balaban J connectivity index is 1.37. The Kier molecular flexibility index (Phi) is 4.83. The van der Waals surface area contributed by atoms with Crippen LogP contribution in [-0.4, -0.2) is 64.8 Å². The van der Waals surface area contributed by atoms with Gasteiger partial charge >= 0.3 is 0 Å². The Labute approximate surface area is 157 Å². The standard InChI is InChI=1S/C20H24N4O3/c25-18-12-16(13-21-18)20(27)23-8-3-7-22(10-11-23)19(26)14-24-9-6-15-4-1-2-5-17(15)24/h1-2,4-6,9,16H,3,7-8,10-14H2,(H,21,25). The lowest BCUT2D eigenvalue weighted by Gasteiger charge is -2.24. The summed E-state index contributed by atoms with van der Waals surface area (Å²) in [4.78, 5) is 40.4. The maximum atomic E-state index is 12.8. The summed E-state index contributed by atoms with van der Waals surface area (Å²) >= 11 is 0. The van der Waals surface area contributed by atoms with Gasteiger partial charge in [-0.2, -0.15) is 0 Å². The number of nitrogens with one attached hydrogen (secondary N) is 1. The predicted octanol–water partition coefficient (Wildman–Crippen LogP) is 0.838. The van der Waals surface area contributed by atoms with Crippen molar-refractivity contribution in [3.8, 4) is 0 Å². The van der Waals surface area contributed by atoms with Crippen LogP contribution in [0.4, 0.5) is 0 Å². The molecule has 3 heterocycles. The van der Waals surface area contributed by atoms with Crippen LogP contribution in [0.15, 0.2) is 36.5 Å². The van der Waals surface area contributed by atoms with Gasteiger partial charge in [0.25, 0.3) is 0 Å². The minimum atomic E-state index is -0.258. The molecule has 1 N–H and O–H groups in total. The van der Waals surface area contributed by atoms with Crippen LogP contribution >= 0.6 is 0 Å². The first-order valence-corrected chi connectivity index (χ1v) is 9.49. The summed E-state index contributed by atoms with van der Waals surface area (Å²) in [7, 11) is 0. The molecule has 1 atom stereocenters. The van der Waals surface area contributed by atoms with Crippen LogP contribution in [0.25, 0.3) is 10.9 Å². The van der Waals surface area contributed by atoms with Crippen molar-refractivity contribution >= 4 is 28.6 Å². The van der Waals surface area contributed by atoms with Crippen LogP contribution in [0.1, 0.15) is 12.8 Å². The number of amides is 3. The number of carbonyl (C=O) groups is 3. The summed E-state index contributed by atoms with van der Waals surface area (Å²) in [5, 5.41) is 3.84. The quantitative estimate of drug-likeness (QED) is 0.872. The zero-order chi connectivity index (χ0) is 18.8. The van der Waals surface area contributed by atoms with Crippen LogP contribution in [0.3, 0.4) is 0 Å². The molecule has 1 aromatic carbocycles. The van der Waals surface area contributed by atoms with E-state index < -0.39 is 0 Å². The molecular formula is C20H24N4O3. The Bertz CT molecular complexity index is 875. The minimum Gasteiger partial charge on any atom is -0.355 e. The number of hydrogen-bond donors (Lipinski definition) is 1. The van der Waals surface area contributed by atoms with Crippen molar-refractivity contribution in [2.75, 3.05) is 32.7 Å². The van der Waals surface area contributed by atoms with E-state index in [1.807, 2.05) is 50.9 Å². The van der Waals surface area contributed by atoms with Gasteiger partial charge in [0, 0.05) is 50.9 Å². The molecule has 4 rings (SSSR count). The third kappa shape index (κ3) is 3.67. The zero-order valence-electron chi connectivity index (χ0n) is 15.3. The highest BCUT2D eigenvalue weighted by atomic mass is 16.2. The van der Waals surface area contributed by atoms with Crippen molar-refractivity contribution in [3.05, 3.63) is 36.5 Å². The van der Waals surface area contributed by atoms with Crippen LogP contribution in [0.2, 0.25) is 0 Å². The van der Waals surface area contributed by atoms with Gasteiger partial charge in [-0.3, -0.25) is 14.4 Å². The number of benzene rings is 1. The Morgan fingerprint density at radius 3 is 2.63 bits per heavy atom. The van der Waals surface area contributed by atoms with Crippen molar-refractivity contribution in [1.29, 1.82) is 0 Å². The second-order valence-electron chi connectivity index (χ2n) is 7.27. The van der Waals surface area contributed by atoms with Gasteiger partial charge in [0.15, 0.2) is 0 Å². The Morgan fingerprint density at radius 2 is 1.81 bits per heavy atom. The smallest absolute Gasteiger partial charge is 0.242 e. The second-order valence-corrected chi connectivity index (χ2v) is 7.27. The Morgan fingerprint density at radius 1 is 1.04 bits per heavy atom. The van der Waals surface area contributed by atoms with Crippen molar-refractivity contribution < 1.29 is 14.4 Å². The molecule has 7 nitrogen and oxygen atoms in total. The molecule has 2 aliphatic heterocycles. The van der Waals surface area contributed by atoms with Gasteiger partial charge in [0.1, 0.15) is 6.54 Å². The van der Waals surface area contributed by atoms with Crippen molar-refractivity contribution in [2.24, 2.45) is 5.92 Å². The van der Waals surface area contributed by atoms with Crippen molar-refractivity contribution in [2.45, 2.75) is 19.4 Å². The topological polar surface area (TPSA) is 74.7 Å². The van der Waals surface area contributed by atoms with Gasteiger partial charge in [0.2, 0.25) is 17.7 Å². The van der Waals surface area contributed by atoms with E-state index in [-0.39, 0.29) is 30.1 Å². The van der Waals surface area contributed by atoms with Crippen LogP contribution in [0, 0.1) is 5.92 Å². The lowest BCUT2D eigenvalue weighted by molar-refractivity contribution is -0.136. The number of carbonyl (C=O) groups excluding carboxylic acids is 3. The first-order chi connectivity index (χ1) is 13.1. The van der Waals surface area contributed by atoms with E-state index in [4.69, 9.17) is 0 Å². The summed E-state index contributed by atoms with van der Waals surface area (Å²) < 4.78 is 1.97. The highest BCUT2D eigenvalue weighted by Gasteiger charge is 2.32. The molecule has 0 spiro atoms. The molecule has 0 saturated carbocycles. The lowest BCUT2D eigenvalue weighted by Crippen LogP contribution is -2.41. The molecule has 0 aliphatic carbocycles.